The summed E-state index contributed by atoms with van der Waals surface area (Å²) in [7, 11) is 0. The molecule has 2 heterocycles. The molecule has 1 amide bonds. The Morgan fingerprint density at radius 3 is 2.59 bits per heavy atom. The molecule has 0 bridgehead atoms. The summed E-state index contributed by atoms with van der Waals surface area (Å²) >= 11 is 12.3. The van der Waals surface area contributed by atoms with Crippen molar-refractivity contribution in [3.63, 3.8) is 0 Å². The van der Waals surface area contributed by atoms with E-state index >= 15 is 0 Å². The van der Waals surface area contributed by atoms with E-state index in [1.807, 2.05) is 37.3 Å². The summed E-state index contributed by atoms with van der Waals surface area (Å²) in [6.45, 7) is 9.53. The van der Waals surface area contributed by atoms with Gasteiger partial charge in [0.15, 0.2) is 11.5 Å². The highest BCUT2D eigenvalue weighted by atomic mass is 35.5. The molecule has 0 spiro atoms. The Morgan fingerprint density at radius 2 is 1.84 bits per heavy atom. The number of benzene rings is 3. The molecule has 0 aliphatic carbocycles. The molecule has 0 radical (unpaired) electrons. The van der Waals surface area contributed by atoms with Crippen molar-refractivity contribution < 1.29 is 14.3 Å². The second-order valence-electron chi connectivity index (χ2n) is 10.0. The standard InChI is InChI=1S/C30H30Cl2N2O3/c1-5-36-27-15-20(7-11-26(27)37-18-21-8-9-22(31)16-24(21)32)12-13-30-29(3,4)23-14-19(2)6-10-25(23)34(30)17-28(35)33-30/h6-16H,5,17-18H2,1-4H3,(H,33,35)/b13-12+/t30-/m0/s1. The number of hydrogen-bond donors (Lipinski definition) is 1. The van der Waals surface area contributed by atoms with Crippen LogP contribution < -0.4 is 19.7 Å². The van der Waals surface area contributed by atoms with Gasteiger partial charge in [-0.1, -0.05) is 73.0 Å². The lowest BCUT2D eigenvalue weighted by atomic mass is 9.75. The molecule has 0 aromatic heterocycles. The van der Waals surface area contributed by atoms with E-state index in [4.69, 9.17) is 32.7 Å². The monoisotopic (exact) mass is 536 g/mol. The number of rotatable bonds is 7. The SMILES string of the molecule is CCOc1cc(/C=C/[C@]23NC(=O)CN2c2ccc(C)cc2C3(C)C)ccc1OCc1ccc(Cl)cc1Cl. The second kappa shape index (κ2) is 9.62. The number of hydrogen-bond acceptors (Lipinski definition) is 4. The Bertz CT molecular complexity index is 1400. The number of ether oxygens (including phenoxy) is 2. The van der Waals surface area contributed by atoms with E-state index in [2.05, 4.69) is 55.3 Å². The van der Waals surface area contributed by atoms with Crippen LogP contribution in [0, 0.1) is 6.92 Å². The van der Waals surface area contributed by atoms with Gasteiger partial charge in [0.2, 0.25) is 5.91 Å². The van der Waals surface area contributed by atoms with Gasteiger partial charge in [-0.05, 0) is 61.4 Å². The minimum absolute atomic E-state index is 0.0172. The first-order chi connectivity index (χ1) is 17.6. The van der Waals surface area contributed by atoms with Crippen LogP contribution in [0.1, 0.15) is 43.0 Å². The molecule has 1 N–H and O–H groups in total. The second-order valence-corrected chi connectivity index (χ2v) is 10.9. The Kier molecular flexibility index (Phi) is 6.63. The van der Waals surface area contributed by atoms with E-state index in [1.165, 1.54) is 11.1 Å². The molecule has 1 fully saturated rings. The first kappa shape index (κ1) is 25.5. The van der Waals surface area contributed by atoms with Crippen LogP contribution in [0.3, 0.4) is 0 Å². The number of amides is 1. The van der Waals surface area contributed by atoms with E-state index in [-0.39, 0.29) is 11.3 Å². The summed E-state index contributed by atoms with van der Waals surface area (Å²) in [4.78, 5) is 14.8. The molecule has 7 heteroatoms. The largest absolute Gasteiger partial charge is 0.490 e. The normalized spacial score (nSPS) is 19.6. The van der Waals surface area contributed by atoms with Gasteiger partial charge in [0.05, 0.1) is 13.2 Å². The quantitative estimate of drug-likeness (QED) is 0.356. The fourth-order valence-corrected chi connectivity index (χ4v) is 5.78. The molecule has 0 unspecified atom stereocenters. The maximum Gasteiger partial charge on any atom is 0.241 e. The molecule has 1 atom stereocenters. The number of nitrogens with one attached hydrogen (secondary N) is 1. The average molecular weight is 537 g/mol. The van der Waals surface area contributed by atoms with Crippen molar-refractivity contribution in [1.82, 2.24) is 5.32 Å². The van der Waals surface area contributed by atoms with Gasteiger partial charge in [-0.3, -0.25) is 4.79 Å². The van der Waals surface area contributed by atoms with Crippen molar-refractivity contribution in [3.8, 4) is 11.5 Å². The van der Waals surface area contributed by atoms with Crippen LogP contribution in [-0.2, 0) is 16.8 Å². The maximum absolute atomic E-state index is 12.6. The zero-order valence-corrected chi connectivity index (χ0v) is 22.9. The Labute approximate surface area is 228 Å². The van der Waals surface area contributed by atoms with Gasteiger partial charge in [0.1, 0.15) is 12.3 Å². The Balaban J connectivity index is 1.44. The highest BCUT2D eigenvalue weighted by molar-refractivity contribution is 6.35. The van der Waals surface area contributed by atoms with Gasteiger partial charge in [-0.15, -0.1) is 0 Å². The van der Waals surface area contributed by atoms with Crippen LogP contribution >= 0.6 is 23.2 Å². The van der Waals surface area contributed by atoms with Gasteiger partial charge in [-0.25, -0.2) is 0 Å². The number of carbonyl (C=O) groups excluding carboxylic acids is 1. The third-order valence-corrected chi connectivity index (χ3v) is 7.90. The third kappa shape index (κ3) is 4.45. The summed E-state index contributed by atoms with van der Waals surface area (Å²) in [5, 5.41) is 4.42. The summed E-state index contributed by atoms with van der Waals surface area (Å²) in [5.41, 5.74) is 4.32. The van der Waals surface area contributed by atoms with Crippen molar-refractivity contribution in [1.29, 1.82) is 0 Å². The van der Waals surface area contributed by atoms with Crippen LogP contribution in [0.15, 0.2) is 60.7 Å². The average Bonchev–Trinajstić information content (AvgIpc) is 3.27. The molecule has 3 aromatic carbocycles. The molecule has 5 nitrogen and oxygen atoms in total. The lowest BCUT2D eigenvalue weighted by molar-refractivity contribution is -0.118. The van der Waals surface area contributed by atoms with Gasteiger partial charge in [0.25, 0.3) is 0 Å². The zero-order chi connectivity index (χ0) is 26.4. The van der Waals surface area contributed by atoms with Crippen LogP contribution in [0.5, 0.6) is 11.5 Å². The van der Waals surface area contributed by atoms with Crippen molar-refractivity contribution in [2.75, 3.05) is 18.1 Å². The molecule has 3 aromatic rings. The minimum Gasteiger partial charge on any atom is -0.490 e. The van der Waals surface area contributed by atoms with E-state index in [0.29, 0.717) is 41.3 Å². The molecule has 2 aliphatic heterocycles. The summed E-state index contributed by atoms with van der Waals surface area (Å²) in [6, 6.07) is 17.6. The van der Waals surface area contributed by atoms with E-state index in [1.54, 1.807) is 12.1 Å². The van der Waals surface area contributed by atoms with E-state index in [9.17, 15) is 4.79 Å². The van der Waals surface area contributed by atoms with Crippen LogP contribution in [0.4, 0.5) is 5.69 Å². The fourth-order valence-electron chi connectivity index (χ4n) is 5.31. The van der Waals surface area contributed by atoms with Crippen LogP contribution in [0.25, 0.3) is 6.08 Å². The molecule has 37 heavy (non-hydrogen) atoms. The molecular formula is C30H30Cl2N2O3. The van der Waals surface area contributed by atoms with Gasteiger partial charge < -0.3 is 19.7 Å². The fraction of sp³-hybridized carbons (Fsp3) is 0.300. The Morgan fingerprint density at radius 1 is 1.03 bits per heavy atom. The summed E-state index contributed by atoms with van der Waals surface area (Å²) in [5.74, 6) is 1.29. The van der Waals surface area contributed by atoms with Gasteiger partial charge in [0, 0.05) is 26.7 Å². The minimum atomic E-state index is -0.660. The van der Waals surface area contributed by atoms with Crippen molar-refractivity contribution in [2.45, 2.75) is 45.4 Å². The van der Waals surface area contributed by atoms with E-state index < -0.39 is 5.66 Å². The smallest absolute Gasteiger partial charge is 0.241 e. The zero-order valence-electron chi connectivity index (χ0n) is 21.4. The van der Waals surface area contributed by atoms with Crippen LogP contribution in [-0.4, -0.2) is 24.7 Å². The molecule has 5 rings (SSSR count). The van der Waals surface area contributed by atoms with Gasteiger partial charge in [-0.2, -0.15) is 0 Å². The number of nitrogens with zero attached hydrogens (tertiary/aromatic N) is 1. The van der Waals surface area contributed by atoms with Crippen molar-refractivity contribution >= 4 is 40.9 Å². The molecule has 192 valence electrons. The van der Waals surface area contributed by atoms with Crippen molar-refractivity contribution in [3.05, 3.63) is 93.0 Å². The first-order valence-electron chi connectivity index (χ1n) is 12.4. The number of halogens is 2. The topological polar surface area (TPSA) is 50.8 Å². The summed E-state index contributed by atoms with van der Waals surface area (Å²) < 4.78 is 12.0. The predicted molar refractivity (Wildman–Crippen MR) is 150 cm³/mol. The molecule has 0 saturated carbocycles. The van der Waals surface area contributed by atoms with Crippen LogP contribution in [0.2, 0.25) is 10.0 Å². The first-order valence-corrected chi connectivity index (χ1v) is 13.1. The molecule has 1 saturated heterocycles. The number of aryl methyl sites for hydroxylation is 1. The summed E-state index contributed by atoms with van der Waals surface area (Å²) in [6.07, 6.45) is 4.15. The predicted octanol–water partition coefficient (Wildman–Crippen LogP) is 6.92. The highest BCUT2D eigenvalue weighted by Crippen LogP contribution is 2.53. The Hall–Kier alpha value is -3.15. The molecular weight excluding hydrogens is 507 g/mol. The number of anilines is 1. The van der Waals surface area contributed by atoms with E-state index in [0.717, 1.165) is 16.8 Å². The number of fused-ring (bicyclic) bond motifs is 3. The lowest BCUT2D eigenvalue weighted by Gasteiger charge is -2.40. The highest BCUT2D eigenvalue weighted by Gasteiger charge is 2.59. The maximum atomic E-state index is 12.6. The van der Waals surface area contributed by atoms with Crippen molar-refractivity contribution in [2.24, 2.45) is 0 Å². The number of carbonyl (C=O) groups is 1. The lowest BCUT2D eigenvalue weighted by Crippen LogP contribution is -2.58. The molecule has 2 aliphatic rings. The van der Waals surface area contributed by atoms with Gasteiger partial charge >= 0.3 is 0 Å². The third-order valence-electron chi connectivity index (χ3n) is 7.31.